The molecule has 48 heavy (non-hydrogen) atoms. The van der Waals surface area contributed by atoms with E-state index in [1.165, 1.54) is 31.8 Å². The Kier molecular flexibility index (Phi) is 9.42. The monoisotopic (exact) mass is 648 g/mol. The van der Waals surface area contributed by atoms with E-state index in [0.29, 0.717) is 0 Å². The van der Waals surface area contributed by atoms with Gasteiger partial charge in [0.15, 0.2) is 14.5 Å². The van der Waals surface area contributed by atoms with Crippen LogP contribution in [0.1, 0.15) is 11.1 Å². The molecule has 0 radical (unpaired) electrons. The second-order valence-electron chi connectivity index (χ2n) is 11.4. The Hall–Kier alpha value is -5.48. The maximum atomic E-state index is 3.87. The molecule has 0 amide bonds. The van der Waals surface area contributed by atoms with Crippen LogP contribution in [0.2, 0.25) is 0 Å². The van der Waals surface area contributed by atoms with Crippen molar-refractivity contribution in [2.24, 2.45) is 0 Å². The molecule has 7 aromatic rings. The zero-order valence-corrected chi connectivity index (χ0v) is 28.3. The van der Waals surface area contributed by atoms with Crippen LogP contribution in [0.15, 0.2) is 206 Å². The van der Waals surface area contributed by atoms with Gasteiger partial charge >= 0.3 is 0 Å². The molecule has 0 bridgehead atoms. The smallest absolute Gasteiger partial charge is 0.0620 e. The van der Waals surface area contributed by atoms with E-state index >= 15 is 0 Å². The topological polar surface area (TPSA) is 0 Å². The van der Waals surface area contributed by atoms with Crippen LogP contribution in [0.25, 0.3) is 0 Å². The van der Waals surface area contributed by atoms with Gasteiger partial charge in [0.1, 0.15) is 31.8 Å². The minimum absolute atomic E-state index is 0.975. The van der Waals surface area contributed by atoms with Crippen LogP contribution in [-0.4, -0.2) is 0 Å². The van der Waals surface area contributed by atoms with Crippen molar-refractivity contribution in [3.8, 4) is 23.2 Å². The van der Waals surface area contributed by atoms with Crippen molar-refractivity contribution in [1.82, 2.24) is 0 Å². The molecule has 7 rings (SSSR count). The summed E-state index contributed by atoms with van der Waals surface area (Å²) in [7, 11) is -4.50. The van der Waals surface area contributed by atoms with Gasteiger partial charge in [-0.2, -0.15) is 0 Å². The SMILES string of the molecule is C(#C[P+](c1ccccc1)(c1ccccc1)c1ccccc1)c1ccc(C#C[P+](c2ccccc2)(c2ccccc2)c2ccccc2)cc1. The summed E-state index contributed by atoms with van der Waals surface area (Å²) >= 11 is 0. The Bertz CT molecular complexity index is 1840. The molecule has 0 spiro atoms. The second kappa shape index (κ2) is 14.5. The highest BCUT2D eigenvalue weighted by molar-refractivity contribution is 8.00. The molecule has 0 heterocycles. The lowest BCUT2D eigenvalue weighted by Gasteiger charge is -2.21. The zero-order valence-electron chi connectivity index (χ0n) is 26.5. The van der Waals surface area contributed by atoms with Crippen LogP contribution in [-0.2, 0) is 0 Å². The van der Waals surface area contributed by atoms with E-state index in [4.69, 9.17) is 0 Å². The predicted octanol–water partition coefficient (Wildman–Crippen LogP) is 8.29. The molecule has 0 fully saturated rings. The molecule has 7 aromatic carbocycles. The molecule has 0 aliphatic rings. The molecule has 0 aromatic heterocycles. The fourth-order valence-corrected chi connectivity index (χ4v) is 13.0. The minimum atomic E-state index is -2.25. The van der Waals surface area contributed by atoms with Gasteiger partial charge in [0.05, 0.1) is 11.3 Å². The van der Waals surface area contributed by atoms with Gasteiger partial charge in [-0.15, -0.1) is 0 Å². The van der Waals surface area contributed by atoms with Gasteiger partial charge in [-0.1, -0.05) is 109 Å². The number of rotatable bonds is 6. The number of hydrogen-bond donors (Lipinski definition) is 0. The molecule has 0 unspecified atom stereocenters. The van der Waals surface area contributed by atoms with E-state index in [1.807, 2.05) is 0 Å². The summed E-state index contributed by atoms with van der Waals surface area (Å²) in [5, 5.41) is 7.50. The fourth-order valence-electron chi connectivity index (χ4n) is 6.13. The van der Waals surface area contributed by atoms with Gasteiger partial charge in [-0.25, -0.2) is 0 Å². The Labute approximate surface area is 285 Å². The van der Waals surface area contributed by atoms with Crippen molar-refractivity contribution in [3.05, 3.63) is 217 Å². The standard InChI is InChI=1S/C46H34P2/c1-7-19-41(20-8-1)47(42-21-9-2-10-22-42,43-23-11-3-12-24-43)37-35-39-31-33-40(34-32-39)36-38-48(44-25-13-4-14-26-44,45-27-15-5-16-28-45)46-29-17-6-18-30-46/h1-34H/q+2. The molecule has 226 valence electrons. The molecule has 0 aliphatic heterocycles. The maximum absolute atomic E-state index is 3.87. The minimum Gasteiger partial charge on any atom is -0.0620 e. The van der Waals surface area contributed by atoms with Crippen LogP contribution in [0.4, 0.5) is 0 Å². The summed E-state index contributed by atoms with van der Waals surface area (Å²) in [6, 6.07) is 73.0. The van der Waals surface area contributed by atoms with Crippen molar-refractivity contribution in [2.45, 2.75) is 0 Å². The first-order chi connectivity index (χ1) is 23.8. The van der Waals surface area contributed by atoms with Crippen molar-refractivity contribution >= 4 is 46.4 Å². The summed E-state index contributed by atoms with van der Waals surface area (Å²) in [5.41, 5.74) is 9.69. The van der Waals surface area contributed by atoms with Crippen LogP contribution in [0.5, 0.6) is 0 Å². The lowest BCUT2D eigenvalue weighted by atomic mass is 10.1. The Morgan fingerprint density at radius 1 is 0.229 bits per heavy atom. The van der Waals surface area contributed by atoms with E-state index in [2.05, 4.69) is 229 Å². The third kappa shape index (κ3) is 6.26. The van der Waals surface area contributed by atoms with Crippen LogP contribution in [0.3, 0.4) is 0 Å². The molecular weight excluding hydrogens is 614 g/mol. The maximum Gasteiger partial charge on any atom is 0.189 e. The van der Waals surface area contributed by atoms with E-state index in [-0.39, 0.29) is 0 Å². The highest BCUT2D eigenvalue weighted by Crippen LogP contribution is 2.55. The predicted molar refractivity (Wildman–Crippen MR) is 210 cm³/mol. The summed E-state index contributed by atoms with van der Waals surface area (Å²) in [4.78, 5) is 0. The van der Waals surface area contributed by atoms with Gasteiger partial charge in [0.2, 0.25) is 0 Å². The molecule has 0 nitrogen and oxygen atoms in total. The van der Waals surface area contributed by atoms with Gasteiger partial charge in [-0.3, -0.25) is 0 Å². The van der Waals surface area contributed by atoms with Crippen LogP contribution < -0.4 is 31.8 Å². The van der Waals surface area contributed by atoms with Gasteiger partial charge in [0, 0.05) is 11.1 Å². The first-order valence-electron chi connectivity index (χ1n) is 16.1. The molecule has 0 atom stereocenters. The second-order valence-corrected chi connectivity index (χ2v) is 17.6. The van der Waals surface area contributed by atoms with Crippen molar-refractivity contribution in [1.29, 1.82) is 0 Å². The van der Waals surface area contributed by atoms with Crippen molar-refractivity contribution in [2.75, 3.05) is 0 Å². The molecule has 0 N–H and O–H groups in total. The molecule has 0 aliphatic carbocycles. The largest absolute Gasteiger partial charge is 0.189 e. The Morgan fingerprint density at radius 2 is 0.417 bits per heavy atom. The third-order valence-corrected chi connectivity index (χ3v) is 15.8. The summed E-state index contributed by atoms with van der Waals surface area (Å²) < 4.78 is 0. The zero-order chi connectivity index (χ0) is 32.5. The van der Waals surface area contributed by atoms with Crippen molar-refractivity contribution < 1.29 is 0 Å². The third-order valence-electron chi connectivity index (χ3n) is 8.48. The average molecular weight is 649 g/mol. The van der Waals surface area contributed by atoms with Gasteiger partial charge < -0.3 is 0 Å². The fraction of sp³-hybridized carbons (Fsp3) is 0. The first-order valence-corrected chi connectivity index (χ1v) is 19.7. The van der Waals surface area contributed by atoms with E-state index in [1.54, 1.807) is 0 Å². The molecular formula is C46H34P2+2. The molecule has 0 saturated carbocycles. The molecule has 2 heteroatoms. The van der Waals surface area contributed by atoms with E-state index < -0.39 is 14.5 Å². The average Bonchev–Trinajstić information content (AvgIpc) is 3.18. The number of benzene rings is 7. The highest BCUT2D eigenvalue weighted by Gasteiger charge is 2.46. The normalized spacial score (nSPS) is 11.0. The van der Waals surface area contributed by atoms with Gasteiger partial charge in [-0.05, 0) is 109 Å². The quantitative estimate of drug-likeness (QED) is 0.126. The summed E-state index contributed by atoms with van der Waals surface area (Å²) in [5.74, 6) is 7.23. The Balaban J connectivity index is 1.32. The summed E-state index contributed by atoms with van der Waals surface area (Å²) in [6.07, 6.45) is 0. The molecule has 0 saturated heterocycles. The van der Waals surface area contributed by atoms with Crippen molar-refractivity contribution in [3.63, 3.8) is 0 Å². The van der Waals surface area contributed by atoms with Gasteiger partial charge in [0.25, 0.3) is 0 Å². The lowest BCUT2D eigenvalue weighted by Crippen LogP contribution is -2.29. The lowest BCUT2D eigenvalue weighted by molar-refractivity contribution is 1.60. The van der Waals surface area contributed by atoms with Crippen LogP contribution >= 0.6 is 14.5 Å². The van der Waals surface area contributed by atoms with Crippen LogP contribution in [0, 0.1) is 23.2 Å². The van der Waals surface area contributed by atoms with E-state index in [0.717, 1.165) is 11.1 Å². The highest BCUT2D eigenvalue weighted by atomic mass is 31.2. The number of hydrogen-bond acceptors (Lipinski definition) is 0. The Morgan fingerprint density at radius 3 is 0.604 bits per heavy atom. The first kappa shape index (κ1) is 31.1. The van der Waals surface area contributed by atoms with E-state index in [9.17, 15) is 0 Å². The summed E-state index contributed by atoms with van der Waals surface area (Å²) in [6.45, 7) is 0.